The van der Waals surface area contributed by atoms with Crippen molar-refractivity contribution in [3.8, 4) is 0 Å². The van der Waals surface area contributed by atoms with Crippen LogP contribution in [0, 0.1) is 11.8 Å². The molecular weight excluding hydrogens is 158 g/mol. The van der Waals surface area contributed by atoms with E-state index in [-0.39, 0.29) is 0 Å². The molecule has 11 heavy (non-hydrogen) atoms. The largest absolute Gasteiger partial charge is 0.328 e. The van der Waals surface area contributed by atoms with Crippen molar-refractivity contribution in [1.82, 2.24) is 0 Å². The van der Waals surface area contributed by atoms with E-state index in [9.17, 15) is 4.79 Å². The zero-order valence-corrected chi connectivity index (χ0v) is 7.27. The Kier molecular flexibility index (Phi) is 1.93. The third-order valence-corrected chi connectivity index (χ3v) is 3.89. The Hall–Kier alpha value is -0.0200. The van der Waals surface area contributed by atoms with Crippen molar-refractivity contribution in [3.63, 3.8) is 0 Å². The molecule has 0 radical (unpaired) electrons. The highest BCUT2D eigenvalue weighted by Crippen LogP contribution is 2.34. The minimum Gasteiger partial charge on any atom is -0.328 e. The first-order valence-corrected chi connectivity index (χ1v) is 5.30. The van der Waals surface area contributed by atoms with Crippen LogP contribution in [0.3, 0.4) is 0 Å². The Labute approximate surface area is 70.9 Å². The van der Waals surface area contributed by atoms with Crippen LogP contribution in [0.2, 0.25) is 0 Å². The average Bonchev–Trinajstić information content (AvgIpc) is 1.92. The predicted octanol–water partition coefficient (Wildman–Crippen LogP) is 0.656. The number of hydrogen-bond acceptors (Lipinski definition) is 3. The van der Waals surface area contributed by atoms with Crippen LogP contribution in [0.1, 0.15) is 12.8 Å². The van der Waals surface area contributed by atoms with Crippen LogP contribution >= 0.6 is 11.8 Å². The molecule has 1 saturated carbocycles. The summed E-state index contributed by atoms with van der Waals surface area (Å²) in [5.41, 5.74) is 5.83. The van der Waals surface area contributed by atoms with Crippen LogP contribution in [0.15, 0.2) is 0 Å². The molecule has 1 saturated heterocycles. The normalized spacial score (nSPS) is 44.1. The van der Waals surface area contributed by atoms with Crippen LogP contribution < -0.4 is 5.73 Å². The van der Waals surface area contributed by atoms with Gasteiger partial charge in [0.15, 0.2) is 0 Å². The van der Waals surface area contributed by atoms with Gasteiger partial charge in [-0.25, -0.2) is 0 Å². The zero-order valence-electron chi connectivity index (χ0n) is 6.45. The number of fused-ring (bicyclic) bond motifs is 2. The molecule has 1 aliphatic carbocycles. The molecule has 62 valence electrons. The summed E-state index contributed by atoms with van der Waals surface area (Å²) >= 11 is 1.92. The van der Waals surface area contributed by atoms with E-state index in [0.717, 1.165) is 24.3 Å². The van der Waals surface area contributed by atoms with Gasteiger partial charge in [0, 0.05) is 29.4 Å². The van der Waals surface area contributed by atoms with Crippen molar-refractivity contribution in [3.05, 3.63) is 0 Å². The quantitative estimate of drug-likeness (QED) is 0.582. The second-order valence-electron chi connectivity index (χ2n) is 3.57. The van der Waals surface area contributed by atoms with Crippen LogP contribution in [0.25, 0.3) is 0 Å². The lowest BCUT2D eigenvalue weighted by atomic mass is 9.79. The van der Waals surface area contributed by atoms with E-state index in [1.54, 1.807) is 0 Å². The fraction of sp³-hybridized carbons (Fsp3) is 0.875. The van der Waals surface area contributed by atoms with Gasteiger partial charge in [-0.05, 0) is 12.8 Å². The van der Waals surface area contributed by atoms with Crippen LogP contribution in [-0.2, 0) is 4.79 Å². The van der Waals surface area contributed by atoms with Crippen LogP contribution in [0.5, 0.6) is 0 Å². The summed E-state index contributed by atoms with van der Waals surface area (Å²) in [6.45, 7) is 0. The van der Waals surface area contributed by atoms with Crippen molar-refractivity contribution in [2.75, 3.05) is 11.5 Å². The molecule has 2 nitrogen and oxygen atoms in total. The zero-order chi connectivity index (χ0) is 7.84. The molecule has 2 rings (SSSR count). The molecule has 1 aliphatic heterocycles. The SMILES string of the molecule is NC1C[C@H]2CSC[C@@H](C1)C2=O. The van der Waals surface area contributed by atoms with Gasteiger partial charge in [-0.2, -0.15) is 11.8 Å². The number of ketones is 1. The third-order valence-electron chi connectivity index (χ3n) is 2.62. The minimum atomic E-state index is 0.294. The first kappa shape index (κ1) is 7.62. The maximum absolute atomic E-state index is 11.5. The van der Waals surface area contributed by atoms with Gasteiger partial charge in [0.25, 0.3) is 0 Å². The molecule has 1 unspecified atom stereocenters. The Bertz CT molecular complexity index is 167. The molecule has 2 fully saturated rings. The van der Waals surface area contributed by atoms with Gasteiger partial charge in [-0.1, -0.05) is 0 Å². The first-order valence-electron chi connectivity index (χ1n) is 4.14. The minimum absolute atomic E-state index is 0.294. The molecule has 0 aromatic heterocycles. The summed E-state index contributed by atoms with van der Waals surface area (Å²) in [7, 11) is 0. The topological polar surface area (TPSA) is 43.1 Å². The molecular formula is C8H13NOS. The van der Waals surface area contributed by atoms with E-state index in [2.05, 4.69) is 0 Å². The molecule has 0 aromatic carbocycles. The standard InChI is InChI=1S/C8H13NOS/c9-7-1-5-3-11-4-6(2-7)8(5)10/h5-7H,1-4,9H2/t5-,6+,7?. The second-order valence-corrected chi connectivity index (χ2v) is 4.64. The van der Waals surface area contributed by atoms with E-state index in [1.807, 2.05) is 11.8 Å². The molecule has 0 aromatic rings. The molecule has 1 heterocycles. The summed E-state index contributed by atoms with van der Waals surface area (Å²) in [6, 6.07) is 0.295. The Morgan fingerprint density at radius 2 is 1.82 bits per heavy atom. The first-order chi connectivity index (χ1) is 5.27. The summed E-state index contributed by atoms with van der Waals surface area (Å²) < 4.78 is 0. The van der Waals surface area contributed by atoms with Crippen molar-refractivity contribution >= 4 is 17.5 Å². The smallest absolute Gasteiger partial charge is 0.140 e. The number of carbonyl (C=O) groups is 1. The maximum atomic E-state index is 11.5. The van der Waals surface area contributed by atoms with Gasteiger partial charge in [-0.3, -0.25) is 4.79 Å². The van der Waals surface area contributed by atoms with Gasteiger partial charge in [0.2, 0.25) is 0 Å². The van der Waals surface area contributed by atoms with E-state index < -0.39 is 0 Å². The van der Waals surface area contributed by atoms with Gasteiger partial charge in [-0.15, -0.1) is 0 Å². The highest BCUT2D eigenvalue weighted by Gasteiger charge is 2.37. The Morgan fingerprint density at radius 1 is 1.27 bits per heavy atom. The van der Waals surface area contributed by atoms with Gasteiger partial charge in [0.05, 0.1) is 0 Å². The highest BCUT2D eigenvalue weighted by atomic mass is 32.2. The van der Waals surface area contributed by atoms with Gasteiger partial charge in [0.1, 0.15) is 5.78 Å². The maximum Gasteiger partial charge on any atom is 0.140 e. The van der Waals surface area contributed by atoms with Crippen LogP contribution in [-0.4, -0.2) is 23.3 Å². The predicted molar refractivity (Wildman–Crippen MR) is 46.5 cm³/mol. The summed E-state index contributed by atoms with van der Waals surface area (Å²) in [6.07, 6.45) is 1.87. The number of hydrogen-bond donors (Lipinski definition) is 1. The number of thioether (sulfide) groups is 1. The van der Waals surface area contributed by atoms with Gasteiger partial charge >= 0.3 is 0 Å². The molecule has 2 aliphatic rings. The van der Waals surface area contributed by atoms with E-state index >= 15 is 0 Å². The average molecular weight is 171 g/mol. The Balaban J connectivity index is 2.13. The van der Waals surface area contributed by atoms with Crippen molar-refractivity contribution in [2.45, 2.75) is 18.9 Å². The summed E-state index contributed by atoms with van der Waals surface area (Å²) in [4.78, 5) is 11.5. The molecule has 0 spiro atoms. The van der Waals surface area contributed by atoms with E-state index in [4.69, 9.17) is 5.73 Å². The molecule has 3 heteroatoms. The third kappa shape index (κ3) is 1.32. The van der Waals surface area contributed by atoms with Crippen molar-refractivity contribution < 1.29 is 4.79 Å². The van der Waals surface area contributed by atoms with Crippen LogP contribution in [0.4, 0.5) is 0 Å². The summed E-state index contributed by atoms with van der Waals surface area (Å²) in [5, 5.41) is 0. The van der Waals surface area contributed by atoms with E-state index in [0.29, 0.717) is 23.7 Å². The molecule has 0 amide bonds. The second kappa shape index (κ2) is 2.79. The fourth-order valence-electron chi connectivity index (χ4n) is 2.05. The fourth-order valence-corrected chi connectivity index (χ4v) is 3.35. The van der Waals surface area contributed by atoms with Crippen molar-refractivity contribution in [2.24, 2.45) is 17.6 Å². The lowest BCUT2D eigenvalue weighted by molar-refractivity contribution is -0.128. The van der Waals surface area contributed by atoms with Gasteiger partial charge < -0.3 is 5.73 Å². The van der Waals surface area contributed by atoms with E-state index in [1.165, 1.54) is 0 Å². The molecule has 3 atom stereocenters. The number of nitrogens with two attached hydrogens (primary N) is 1. The summed E-state index contributed by atoms with van der Waals surface area (Å²) in [5.74, 6) is 3.11. The van der Waals surface area contributed by atoms with Crippen molar-refractivity contribution in [1.29, 1.82) is 0 Å². The monoisotopic (exact) mass is 171 g/mol. The number of Topliss-reactive ketones (excluding diaryl/α,β-unsaturated/α-hetero) is 1. The highest BCUT2D eigenvalue weighted by molar-refractivity contribution is 7.99. The molecule has 2 bridgehead atoms. The Morgan fingerprint density at radius 3 is 2.36 bits per heavy atom. The number of carbonyl (C=O) groups excluding carboxylic acids is 1. The lowest BCUT2D eigenvalue weighted by Crippen LogP contribution is -2.44. The number of rotatable bonds is 0. The molecule has 2 N–H and O–H groups in total. The lowest BCUT2D eigenvalue weighted by Gasteiger charge is -2.35.